The van der Waals surface area contributed by atoms with Gasteiger partial charge in [0.05, 0.1) is 6.61 Å². The van der Waals surface area contributed by atoms with Crippen molar-refractivity contribution >= 4 is 11.9 Å². The molecule has 0 aliphatic carbocycles. The highest BCUT2D eigenvalue weighted by atomic mass is 16.5. The van der Waals surface area contributed by atoms with Crippen molar-refractivity contribution in [3.63, 3.8) is 0 Å². The lowest BCUT2D eigenvalue weighted by molar-refractivity contribution is 0.0963. The Balaban J connectivity index is 1.82. The largest absolute Gasteiger partial charge is 0.494 e. The maximum atomic E-state index is 11.7. The van der Waals surface area contributed by atoms with E-state index in [1.54, 1.807) is 14.1 Å². The molecule has 0 saturated heterocycles. The molecule has 0 radical (unpaired) electrons. The molecule has 3 N–H and O–H groups in total. The number of nitrogens with zero attached hydrogens (tertiary/aromatic N) is 1. The molecule has 2 aromatic carbocycles. The minimum Gasteiger partial charge on any atom is -0.494 e. The van der Waals surface area contributed by atoms with Crippen LogP contribution < -0.4 is 20.7 Å². The summed E-state index contributed by atoms with van der Waals surface area (Å²) in [6.45, 7) is 4.00. The first-order valence-electron chi connectivity index (χ1n) is 9.13. The van der Waals surface area contributed by atoms with Crippen LogP contribution in [0.15, 0.2) is 53.5 Å². The van der Waals surface area contributed by atoms with Gasteiger partial charge >= 0.3 is 0 Å². The SMILES string of the molecule is CCOc1cccc(CNC(=NC)NCCc2cccc(C(=O)NC)c2)c1. The summed E-state index contributed by atoms with van der Waals surface area (Å²) < 4.78 is 5.53. The number of nitrogens with one attached hydrogen (secondary N) is 3. The lowest BCUT2D eigenvalue weighted by Crippen LogP contribution is -2.37. The molecule has 0 saturated carbocycles. The molecule has 1 amide bonds. The normalized spacial score (nSPS) is 11.0. The van der Waals surface area contributed by atoms with Crippen molar-refractivity contribution in [1.82, 2.24) is 16.0 Å². The highest BCUT2D eigenvalue weighted by Crippen LogP contribution is 2.13. The minimum atomic E-state index is -0.0726. The van der Waals surface area contributed by atoms with Crippen molar-refractivity contribution in [3.05, 3.63) is 65.2 Å². The van der Waals surface area contributed by atoms with Gasteiger partial charge in [-0.2, -0.15) is 0 Å². The second-order valence-corrected chi connectivity index (χ2v) is 5.96. The fourth-order valence-corrected chi connectivity index (χ4v) is 2.66. The molecule has 0 aromatic heterocycles. The van der Waals surface area contributed by atoms with E-state index in [4.69, 9.17) is 4.74 Å². The average molecular weight is 368 g/mol. The van der Waals surface area contributed by atoms with Crippen LogP contribution in [0.4, 0.5) is 0 Å². The van der Waals surface area contributed by atoms with E-state index in [0.717, 1.165) is 35.8 Å². The first-order chi connectivity index (χ1) is 13.2. The number of carbonyl (C=O) groups is 1. The van der Waals surface area contributed by atoms with Gasteiger partial charge in [-0.3, -0.25) is 9.79 Å². The molecule has 2 rings (SSSR count). The third kappa shape index (κ3) is 6.66. The van der Waals surface area contributed by atoms with E-state index >= 15 is 0 Å². The maximum absolute atomic E-state index is 11.7. The molecule has 0 unspecified atom stereocenters. The number of amides is 1. The topological polar surface area (TPSA) is 74.8 Å². The predicted molar refractivity (Wildman–Crippen MR) is 109 cm³/mol. The lowest BCUT2D eigenvalue weighted by atomic mass is 10.1. The monoisotopic (exact) mass is 368 g/mol. The molecule has 0 aliphatic rings. The van der Waals surface area contributed by atoms with Crippen molar-refractivity contribution < 1.29 is 9.53 Å². The second-order valence-electron chi connectivity index (χ2n) is 5.96. The zero-order chi connectivity index (χ0) is 19.5. The van der Waals surface area contributed by atoms with E-state index < -0.39 is 0 Å². The van der Waals surface area contributed by atoms with Gasteiger partial charge in [-0.15, -0.1) is 0 Å². The zero-order valence-corrected chi connectivity index (χ0v) is 16.2. The molecule has 6 heteroatoms. The first-order valence-corrected chi connectivity index (χ1v) is 9.13. The summed E-state index contributed by atoms with van der Waals surface area (Å²) >= 11 is 0. The van der Waals surface area contributed by atoms with E-state index in [0.29, 0.717) is 18.7 Å². The Morgan fingerprint density at radius 1 is 1.07 bits per heavy atom. The summed E-state index contributed by atoms with van der Waals surface area (Å²) in [5.41, 5.74) is 2.90. The number of hydrogen-bond acceptors (Lipinski definition) is 3. The molecule has 0 spiro atoms. The van der Waals surface area contributed by atoms with E-state index in [9.17, 15) is 4.79 Å². The molecule has 144 valence electrons. The van der Waals surface area contributed by atoms with Gasteiger partial charge in [0.2, 0.25) is 0 Å². The first kappa shape index (κ1) is 20.3. The van der Waals surface area contributed by atoms with Crippen molar-refractivity contribution in [1.29, 1.82) is 0 Å². The third-order valence-corrected chi connectivity index (χ3v) is 4.02. The van der Waals surface area contributed by atoms with Crippen LogP contribution in [-0.4, -0.2) is 39.1 Å². The number of hydrogen-bond donors (Lipinski definition) is 3. The molecule has 0 fully saturated rings. The zero-order valence-electron chi connectivity index (χ0n) is 16.2. The van der Waals surface area contributed by atoms with Gasteiger partial charge in [0.1, 0.15) is 5.75 Å². The summed E-state index contributed by atoms with van der Waals surface area (Å²) in [6.07, 6.45) is 0.797. The van der Waals surface area contributed by atoms with Crippen LogP contribution in [0.5, 0.6) is 5.75 Å². The van der Waals surface area contributed by atoms with Gasteiger partial charge in [0, 0.05) is 32.7 Å². The standard InChI is InChI=1S/C21H28N4O2/c1-4-27-19-10-6-8-17(14-19)15-25-21(23-3)24-12-11-16-7-5-9-18(13-16)20(26)22-2/h5-10,13-14H,4,11-12,15H2,1-3H3,(H,22,26)(H2,23,24,25). The Hall–Kier alpha value is -3.02. The molecular formula is C21H28N4O2. The van der Waals surface area contributed by atoms with Crippen LogP contribution in [0.25, 0.3) is 0 Å². The lowest BCUT2D eigenvalue weighted by Gasteiger charge is -2.13. The van der Waals surface area contributed by atoms with Gasteiger partial charge in [-0.05, 0) is 48.7 Å². The van der Waals surface area contributed by atoms with E-state index in [-0.39, 0.29) is 5.91 Å². The van der Waals surface area contributed by atoms with Crippen LogP contribution >= 0.6 is 0 Å². The third-order valence-electron chi connectivity index (χ3n) is 4.02. The number of guanidine groups is 1. The van der Waals surface area contributed by atoms with Crippen LogP contribution in [0.3, 0.4) is 0 Å². The highest BCUT2D eigenvalue weighted by Gasteiger charge is 2.04. The smallest absolute Gasteiger partial charge is 0.251 e. The molecule has 0 heterocycles. The summed E-state index contributed by atoms with van der Waals surface area (Å²) in [7, 11) is 3.38. The van der Waals surface area contributed by atoms with E-state index in [1.807, 2.05) is 55.5 Å². The average Bonchev–Trinajstić information content (AvgIpc) is 2.70. The van der Waals surface area contributed by atoms with Crippen molar-refractivity contribution in [2.75, 3.05) is 27.2 Å². The second kappa shape index (κ2) is 10.9. The molecule has 0 aliphatic heterocycles. The fourth-order valence-electron chi connectivity index (χ4n) is 2.66. The van der Waals surface area contributed by atoms with Crippen LogP contribution in [-0.2, 0) is 13.0 Å². The van der Waals surface area contributed by atoms with Crippen molar-refractivity contribution in [3.8, 4) is 5.75 Å². The van der Waals surface area contributed by atoms with Crippen LogP contribution in [0.2, 0.25) is 0 Å². The molecular weight excluding hydrogens is 340 g/mol. The number of carbonyl (C=O) groups excluding carboxylic acids is 1. The van der Waals surface area contributed by atoms with Crippen LogP contribution in [0.1, 0.15) is 28.4 Å². The summed E-state index contributed by atoms with van der Waals surface area (Å²) in [4.78, 5) is 16.0. The van der Waals surface area contributed by atoms with E-state index in [2.05, 4.69) is 20.9 Å². The Morgan fingerprint density at radius 2 is 1.85 bits per heavy atom. The van der Waals surface area contributed by atoms with Crippen molar-refractivity contribution in [2.45, 2.75) is 19.9 Å². The number of ether oxygens (including phenoxy) is 1. The Labute approximate surface area is 161 Å². The molecule has 27 heavy (non-hydrogen) atoms. The molecule has 0 bridgehead atoms. The molecule has 0 atom stereocenters. The van der Waals surface area contributed by atoms with Gasteiger partial charge in [0.15, 0.2) is 5.96 Å². The van der Waals surface area contributed by atoms with Crippen molar-refractivity contribution in [2.24, 2.45) is 4.99 Å². The maximum Gasteiger partial charge on any atom is 0.251 e. The number of benzene rings is 2. The van der Waals surface area contributed by atoms with Gasteiger partial charge in [-0.1, -0.05) is 24.3 Å². The summed E-state index contributed by atoms with van der Waals surface area (Å²) in [5.74, 6) is 1.53. The number of aliphatic imine (C=N–C) groups is 1. The quantitative estimate of drug-likeness (QED) is 0.494. The summed E-state index contributed by atoms with van der Waals surface area (Å²) in [6, 6.07) is 15.6. The molecule has 6 nitrogen and oxygen atoms in total. The fraction of sp³-hybridized carbons (Fsp3) is 0.333. The predicted octanol–water partition coefficient (Wildman–Crippen LogP) is 2.35. The number of rotatable bonds is 8. The van der Waals surface area contributed by atoms with E-state index in [1.165, 1.54) is 0 Å². The Kier molecular flexibility index (Phi) is 8.16. The Morgan fingerprint density at radius 3 is 2.59 bits per heavy atom. The van der Waals surface area contributed by atoms with Gasteiger partial charge in [0.25, 0.3) is 5.91 Å². The van der Waals surface area contributed by atoms with Gasteiger partial charge in [-0.25, -0.2) is 0 Å². The summed E-state index contributed by atoms with van der Waals surface area (Å²) in [5, 5.41) is 9.24. The minimum absolute atomic E-state index is 0.0726. The van der Waals surface area contributed by atoms with Gasteiger partial charge < -0.3 is 20.7 Å². The Bertz CT molecular complexity index is 774. The van der Waals surface area contributed by atoms with Crippen LogP contribution in [0, 0.1) is 0 Å². The highest BCUT2D eigenvalue weighted by molar-refractivity contribution is 5.94. The molecule has 2 aromatic rings.